The van der Waals surface area contributed by atoms with Gasteiger partial charge in [0.15, 0.2) is 0 Å². The van der Waals surface area contributed by atoms with Crippen LogP contribution < -0.4 is 0 Å². The summed E-state index contributed by atoms with van der Waals surface area (Å²) < 4.78 is 0. The van der Waals surface area contributed by atoms with Gasteiger partial charge in [0.05, 0.1) is 6.42 Å². The highest BCUT2D eigenvalue weighted by molar-refractivity contribution is 5.94. The van der Waals surface area contributed by atoms with Crippen molar-refractivity contribution >= 4 is 23.0 Å². The van der Waals surface area contributed by atoms with E-state index in [-0.39, 0.29) is 17.9 Å². The fourth-order valence-electron chi connectivity index (χ4n) is 3.98. The molecule has 1 saturated heterocycles. The zero-order chi connectivity index (χ0) is 20.5. The SMILES string of the molecule is Cc1cc(C)cc(CC(=O)N2CCN(C(=O)c3ccc4n[nH]nc4n3)CC2C)c1. The molecule has 150 valence electrons. The van der Waals surface area contributed by atoms with Crippen LogP contribution in [0.5, 0.6) is 0 Å². The smallest absolute Gasteiger partial charge is 0.272 e. The number of hydrogen-bond donors (Lipinski definition) is 1. The highest BCUT2D eigenvalue weighted by Gasteiger charge is 2.30. The van der Waals surface area contributed by atoms with Crippen molar-refractivity contribution in [1.29, 1.82) is 0 Å². The Morgan fingerprint density at radius 3 is 2.59 bits per heavy atom. The summed E-state index contributed by atoms with van der Waals surface area (Å²) in [5.41, 5.74) is 4.74. The third-order valence-electron chi connectivity index (χ3n) is 5.27. The number of carbonyl (C=O) groups excluding carboxylic acids is 2. The number of fused-ring (bicyclic) bond motifs is 1. The number of benzene rings is 1. The molecular weight excluding hydrogens is 368 g/mol. The van der Waals surface area contributed by atoms with Crippen LogP contribution >= 0.6 is 0 Å². The molecule has 1 aliphatic heterocycles. The predicted octanol–water partition coefficient (Wildman–Crippen LogP) is 1.89. The van der Waals surface area contributed by atoms with Crippen LogP contribution in [0, 0.1) is 13.8 Å². The van der Waals surface area contributed by atoms with Crippen molar-refractivity contribution in [2.75, 3.05) is 19.6 Å². The minimum Gasteiger partial charge on any atom is -0.336 e. The van der Waals surface area contributed by atoms with Gasteiger partial charge < -0.3 is 9.80 Å². The third kappa shape index (κ3) is 3.96. The van der Waals surface area contributed by atoms with Crippen LogP contribution in [0.25, 0.3) is 11.2 Å². The lowest BCUT2D eigenvalue weighted by molar-refractivity contribution is -0.134. The lowest BCUT2D eigenvalue weighted by atomic mass is 10.0. The lowest BCUT2D eigenvalue weighted by Gasteiger charge is -2.39. The quantitative estimate of drug-likeness (QED) is 0.734. The standard InChI is InChI=1S/C21H24N6O2/c1-13-8-14(2)10-16(9-13)11-19(28)27-7-6-26(12-15(27)3)21(29)18-5-4-17-20(22-18)24-25-23-17/h4-5,8-10,15H,6-7,11-12H2,1-3H3,(H,22,23,24,25). The Labute approximate surface area is 168 Å². The minimum atomic E-state index is -0.150. The Morgan fingerprint density at radius 2 is 1.86 bits per heavy atom. The molecule has 3 heterocycles. The van der Waals surface area contributed by atoms with Crippen molar-refractivity contribution in [1.82, 2.24) is 30.2 Å². The molecule has 1 aliphatic rings. The molecule has 1 aromatic carbocycles. The number of piperazine rings is 1. The van der Waals surface area contributed by atoms with Gasteiger partial charge in [0.2, 0.25) is 11.6 Å². The van der Waals surface area contributed by atoms with E-state index in [1.165, 1.54) is 0 Å². The normalized spacial score (nSPS) is 17.0. The second-order valence-electron chi connectivity index (χ2n) is 7.72. The van der Waals surface area contributed by atoms with E-state index < -0.39 is 0 Å². The summed E-state index contributed by atoms with van der Waals surface area (Å²) in [5.74, 6) is -0.0556. The molecule has 0 spiro atoms. The van der Waals surface area contributed by atoms with Gasteiger partial charge in [-0.25, -0.2) is 4.98 Å². The number of carbonyl (C=O) groups is 2. The molecule has 1 N–H and O–H groups in total. The van der Waals surface area contributed by atoms with Crippen molar-refractivity contribution in [2.45, 2.75) is 33.2 Å². The van der Waals surface area contributed by atoms with E-state index in [0.717, 1.165) is 16.7 Å². The molecule has 1 atom stereocenters. The van der Waals surface area contributed by atoms with Crippen molar-refractivity contribution in [3.8, 4) is 0 Å². The van der Waals surface area contributed by atoms with Crippen molar-refractivity contribution in [2.24, 2.45) is 0 Å². The first kappa shape index (κ1) is 19.0. The van der Waals surface area contributed by atoms with Gasteiger partial charge in [0.1, 0.15) is 11.2 Å². The number of aromatic amines is 1. The van der Waals surface area contributed by atoms with Crippen LogP contribution in [0.3, 0.4) is 0 Å². The molecule has 8 heteroatoms. The molecule has 2 amide bonds. The second-order valence-corrected chi connectivity index (χ2v) is 7.72. The van der Waals surface area contributed by atoms with Gasteiger partial charge in [-0.15, -0.1) is 5.10 Å². The van der Waals surface area contributed by atoms with Crippen molar-refractivity contribution in [3.63, 3.8) is 0 Å². The number of H-pyrrole nitrogens is 1. The first-order chi connectivity index (χ1) is 13.9. The van der Waals surface area contributed by atoms with E-state index in [9.17, 15) is 9.59 Å². The van der Waals surface area contributed by atoms with E-state index >= 15 is 0 Å². The van der Waals surface area contributed by atoms with Gasteiger partial charge in [-0.05, 0) is 38.5 Å². The molecule has 0 radical (unpaired) electrons. The molecule has 4 rings (SSSR count). The number of aryl methyl sites for hydroxylation is 2. The Balaban J connectivity index is 1.41. The van der Waals surface area contributed by atoms with Crippen molar-refractivity contribution < 1.29 is 9.59 Å². The number of nitrogens with zero attached hydrogens (tertiary/aromatic N) is 5. The lowest BCUT2D eigenvalue weighted by Crippen LogP contribution is -2.55. The summed E-state index contributed by atoms with van der Waals surface area (Å²) >= 11 is 0. The Morgan fingerprint density at radius 1 is 1.10 bits per heavy atom. The van der Waals surface area contributed by atoms with Crippen LogP contribution in [0.2, 0.25) is 0 Å². The van der Waals surface area contributed by atoms with Gasteiger partial charge in [0.25, 0.3) is 5.91 Å². The molecule has 1 fully saturated rings. The van der Waals surface area contributed by atoms with Crippen LogP contribution in [-0.4, -0.2) is 67.7 Å². The number of rotatable bonds is 3. The summed E-state index contributed by atoms with van der Waals surface area (Å²) in [7, 11) is 0. The second kappa shape index (κ2) is 7.62. The monoisotopic (exact) mass is 392 g/mol. The van der Waals surface area contributed by atoms with Crippen molar-refractivity contribution in [3.05, 3.63) is 52.7 Å². The molecule has 3 aromatic rings. The molecule has 0 aliphatic carbocycles. The summed E-state index contributed by atoms with van der Waals surface area (Å²) in [6.45, 7) is 7.54. The first-order valence-electron chi connectivity index (χ1n) is 9.74. The summed E-state index contributed by atoms with van der Waals surface area (Å²) in [6, 6.07) is 9.55. The average molecular weight is 392 g/mol. The van der Waals surface area contributed by atoms with E-state index in [1.54, 1.807) is 17.0 Å². The minimum absolute atomic E-state index is 0.0538. The summed E-state index contributed by atoms with van der Waals surface area (Å²) in [6.07, 6.45) is 0.380. The van der Waals surface area contributed by atoms with Crippen LogP contribution in [0.4, 0.5) is 0 Å². The molecular formula is C21H24N6O2. The van der Waals surface area contributed by atoms with E-state index in [0.29, 0.717) is 42.9 Å². The van der Waals surface area contributed by atoms with Crippen LogP contribution in [0.1, 0.15) is 34.1 Å². The molecule has 1 unspecified atom stereocenters. The number of aromatic nitrogens is 4. The predicted molar refractivity (Wildman–Crippen MR) is 108 cm³/mol. The Kier molecular flexibility index (Phi) is 5.00. The van der Waals surface area contributed by atoms with E-state index in [2.05, 4.69) is 38.6 Å². The van der Waals surface area contributed by atoms with Gasteiger partial charge in [0, 0.05) is 25.7 Å². The van der Waals surface area contributed by atoms with Gasteiger partial charge in [-0.3, -0.25) is 9.59 Å². The van der Waals surface area contributed by atoms with Gasteiger partial charge in [-0.1, -0.05) is 29.3 Å². The van der Waals surface area contributed by atoms with Gasteiger partial charge >= 0.3 is 0 Å². The van der Waals surface area contributed by atoms with Gasteiger partial charge in [-0.2, -0.15) is 10.3 Å². The maximum absolute atomic E-state index is 12.9. The molecule has 0 bridgehead atoms. The highest BCUT2D eigenvalue weighted by Crippen LogP contribution is 2.17. The fraction of sp³-hybridized carbons (Fsp3) is 0.381. The maximum atomic E-state index is 12.9. The summed E-state index contributed by atoms with van der Waals surface area (Å²) in [5, 5.41) is 10.4. The largest absolute Gasteiger partial charge is 0.336 e. The third-order valence-corrected chi connectivity index (χ3v) is 5.27. The molecule has 2 aromatic heterocycles. The molecule has 8 nitrogen and oxygen atoms in total. The van der Waals surface area contributed by atoms with Crippen LogP contribution in [-0.2, 0) is 11.2 Å². The zero-order valence-corrected chi connectivity index (χ0v) is 16.8. The number of hydrogen-bond acceptors (Lipinski definition) is 5. The zero-order valence-electron chi connectivity index (χ0n) is 16.8. The number of amides is 2. The average Bonchev–Trinajstić information content (AvgIpc) is 3.14. The molecule has 0 saturated carbocycles. The van der Waals surface area contributed by atoms with E-state index in [1.807, 2.05) is 25.7 Å². The van der Waals surface area contributed by atoms with E-state index in [4.69, 9.17) is 0 Å². The maximum Gasteiger partial charge on any atom is 0.272 e. The number of pyridine rings is 1. The number of nitrogens with one attached hydrogen (secondary N) is 1. The fourth-order valence-corrected chi connectivity index (χ4v) is 3.98. The molecule has 29 heavy (non-hydrogen) atoms. The highest BCUT2D eigenvalue weighted by atomic mass is 16.2. The summed E-state index contributed by atoms with van der Waals surface area (Å²) in [4.78, 5) is 33.6. The topological polar surface area (TPSA) is 95.1 Å². The Hall–Kier alpha value is -3.29. The first-order valence-corrected chi connectivity index (χ1v) is 9.74. The Bertz CT molecular complexity index is 1060. The van der Waals surface area contributed by atoms with Crippen LogP contribution in [0.15, 0.2) is 30.3 Å².